The van der Waals surface area contributed by atoms with Crippen molar-refractivity contribution >= 4 is 33.4 Å². The van der Waals surface area contributed by atoms with Crippen molar-refractivity contribution in [3.8, 4) is 17.2 Å². The molecule has 0 aliphatic carbocycles. The molecule has 154 valence electrons. The van der Waals surface area contributed by atoms with Gasteiger partial charge in [0.1, 0.15) is 12.3 Å². The molecule has 29 heavy (non-hydrogen) atoms. The molecular formula is C21H23BrN2O5. The molecule has 7 nitrogen and oxygen atoms in total. The molecule has 0 unspecified atom stereocenters. The predicted molar refractivity (Wildman–Crippen MR) is 113 cm³/mol. The van der Waals surface area contributed by atoms with Gasteiger partial charge in [-0.05, 0) is 42.3 Å². The number of hydrogen-bond acceptors (Lipinski definition) is 5. The summed E-state index contributed by atoms with van der Waals surface area (Å²) in [5, 5.41) is 2.84. The van der Waals surface area contributed by atoms with Crippen molar-refractivity contribution in [2.75, 3.05) is 31.8 Å². The summed E-state index contributed by atoms with van der Waals surface area (Å²) in [7, 11) is 1.58. The zero-order valence-electron chi connectivity index (χ0n) is 16.4. The Kier molecular flexibility index (Phi) is 6.98. The first-order valence-electron chi connectivity index (χ1n) is 9.31. The van der Waals surface area contributed by atoms with Crippen LogP contribution in [0.2, 0.25) is 0 Å². The number of fused-ring (bicyclic) bond motifs is 1. The maximum Gasteiger partial charge on any atom is 0.265 e. The molecule has 2 aromatic rings. The number of halogens is 1. The number of nitrogens with zero attached hydrogens (tertiary/aromatic N) is 1. The van der Waals surface area contributed by atoms with E-state index in [4.69, 9.17) is 14.2 Å². The van der Waals surface area contributed by atoms with Crippen LogP contribution < -0.4 is 24.4 Å². The number of carbonyl (C=O) groups excluding carboxylic acids is 2. The van der Waals surface area contributed by atoms with Crippen molar-refractivity contribution in [2.45, 2.75) is 19.9 Å². The average molecular weight is 463 g/mol. The molecule has 1 heterocycles. The van der Waals surface area contributed by atoms with Crippen LogP contribution in [0.4, 0.5) is 5.69 Å². The van der Waals surface area contributed by atoms with Crippen LogP contribution in [-0.4, -0.2) is 38.7 Å². The standard InChI is InChI=1S/C21H23BrN2O5/c1-3-8-28-17-7-4-14(9-19(17)27-2)11-23-20(25)12-24-16-6-5-15(22)10-18(16)29-13-21(24)26/h4-7,9-10H,3,8,11-13H2,1-2H3,(H,23,25). The molecule has 3 rings (SSSR count). The number of methoxy groups -OCH3 is 1. The first-order chi connectivity index (χ1) is 14.0. The highest BCUT2D eigenvalue weighted by Gasteiger charge is 2.27. The lowest BCUT2D eigenvalue weighted by Gasteiger charge is -2.29. The second-order valence-corrected chi connectivity index (χ2v) is 7.41. The minimum absolute atomic E-state index is 0.0777. The van der Waals surface area contributed by atoms with Crippen molar-refractivity contribution in [2.24, 2.45) is 0 Å². The lowest BCUT2D eigenvalue weighted by Crippen LogP contribution is -2.45. The topological polar surface area (TPSA) is 77.1 Å². The third-order valence-electron chi connectivity index (χ3n) is 4.35. The molecule has 0 spiro atoms. The monoisotopic (exact) mass is 462 g/mol. The second kappa shape index (κ2) is 9.65. The van der Waals surface area contributed by atoms with Gasteiger partial charge in [0.05, 0.1) is 19.4 Å². The van der Waals surface area contributed by atoms with Crippen LogP contribution in [-0.2, 0) is 16.1 Å². The summed E-state index contributed by atoms with van der Waals surface area (Å²) in [5.41, 5.74) is 1.45. The molecule has 1 aliphatic rings. The molecule has 2 amide bonds. The quantitative estimate of drug-likeness (QED) is 0.651. The summed E-state index contributed by atoms with van der Waals surface area (Å²) in [4.78, 5) is 26.1. The van der Waals surface area contributed by atoms with E-state index in [0.29, 0.717) is 36.1 Å². The molecular weight excluding hydrogens is 440 g/mol. The molecule has 0 fully saturated rings. The Bertz CT molecular complexity index is 903. The van der Waals surface area contributed by atoms with Crippen LogP contribution in [0.15, 0.2) is 40.9 Å². The third-order valence-corrected chi connectivity index (χ3v) is 4.84. The Balaban J connectivity index is 1.62. The van der Waals surface area contributed by atoms with Gasteiger partial charge in [-0.25, -0.2) is 0 Å². The predicted octanol–water partition coefficient (Wildman–Crippen LogP) is 3.29. The van der Waals surface area contributed by atoms with Crippen LogP contribution >= 0.6 is 15.9 Å². The number of ether oxygens (including phenoxy) is 3. The van der Waals surface area contributed by atoms with Gasteiger partial charge in [0, 0.05) is 11.0 Å². The highest BCUT2D eigenvalue weighted by molar-refractivity contribution is 9.10. The minimum atomic E-state index is -0.264. The van der Waals surface area contributed by atoms with E-state index >= 15 is 0 Å². The van der Waals surface area contributed by atoms with Gasteiger partial charge in [-0.2, -0.15) is 0 Å². The molecule has 1 aliphatic heterocycles. The van der Waals surface area contributed by atoms with Gasteiger partial charge in [0.25, 0.3) is 5.91 Å². The third kappa shape index (κ3) is 5.20. The molecule has 0 aromatic heterocycles. The van der Waals surface area contributed by atoms with Crippen LogP contribution in [0.25, 0.3) is 0 Å². The summed E-state index contributed by atoms with van der Waals surface area (Å²) < 4.78 is 17.3. The highest BCUT2D eigenvalue weighted by Crippen LogP contribution is 2.34. The van der Waals surface area contributed by atoms with Crippen molar-refractivity contribution < 1.29 is 23.8 Å². The summed E-state index contributed by atoms with van der Waals surface area (Å²) in [5.74, 6) is 1.34. The summed E-state index contributed by atoms with van der Waals surface area (Å²) in [6.07, 6.45) is 0.904. The van der Waals surface area contributed by atoms with Crippen LogP contribution in [0, 0.1) is 0 Å². The molecule has 0 radical (unpaired) electrons. The van der Waals surface area contributed by atoms with E-state index in [1.54, 1.807) is 25.3 Å². The minimum Gasteiger partial charge on any atom is -0.493 e. The van der Waals surface area contributed by atoms with E-state index in [0.717, 1.165) is 16.5 Å². The summed E-state index contributed by atoms with van der Waals surface area (Å²) in [6, 6.07) is 10.9. The van der Waals surface area contributed by atoms with Crippen molar-refractivity contribution in [1.82, 2.24) is 5.32 Å². The fourth-order valence-corrected chi connectivity index (χ4v) is 3.25. The van der Waals surface area contributed by atoms with E-state index in [-0.39, 0.29) is 25.0 Å². The second-order valence-electron chi connectivity index (χ2n) is 6.49. The molecule has 8 heteroatoms. The van der Waals surface area contributed by atoms with E-state index in [1.807, 2.05) is 25.1 Å². The fourth-order valence-electron chi connectivity index (χ4n) is 2.91. The molecule has 0 saturated heterocycles. The maximum absolute atomic E-state index is 12.5. The molecule has 0 saturated carbocycles. The number of anilines is 1. The van der Waals surface area contributed by atoms with Crippen LogP contribution in [0.1, 0.15) is 18.9 Å². The van der Waals surface area contributed by atoms with Gasteiger partial charge in [-0.15, -0.1) is 0 Å². The number of amides is 2. The van der Waals surface area contributed by atoms with Gasteiger partial charge in [-0.3, -0.25) is 14.5 Å². The fraction of sp³-hybridized carbons (Fsp3) is 0.333. The number of rotatable bonds is 8. The first-order valence-corrected chi connectivity index (χ1v) is 10.1. The summed E-state index contributed by atoms with van der Waals surface area (Å²) >= 11 is 3.38. The van der Waals surface area contributed by atoms with Crippen molar-refractivity contribution in [3.05, 3.63) is 46.4 Å². The number of hydrogen-bond donors (Lipinski definition) is 1. The van der Waals surface area contributed by atoms with Gasteiger partial charge in [0.2, 0.25) is 5.91 Å². The highest BCUT2D eigenvalue weighted by atomic mass is 79.9. The Morgan fingerprint density at radius 1 is 1.24 bits per heavy atom. The Morgan fingerprint density at radius 2 is 2.07 bits per heavy atom. The lowest BCUT2D eigenvalue weighted by atomic mass is 10.2. The van der Waals surface area contributed by atoms with E-state index in [2.05, 4.69) is 21.2 Å². The van der Waals surface area contributed by atoms with E-state index in [9.17, 15) is 9.59 Å². The summed E-state index contributed by atoms with van der Waals surface area (Å²) in [6.45, 7) is 2.79. The van der Waals surface area contributed by atoms with Gasteiger partial charge in [-0.1, -0.05) is 28.9 Å². The first kappa shape index (κ1) is 21.0. The van der Waals surface area contributed by atoms with E-state index in [1.165, 1.54) is 4.90 Å². The lowest BCUT2D eigenvalue weighted by molar-refractivity contribution is -0.125. The van der Waals surface area contributed by atoms with Gasteiger partial charge >= 0.3 is 0 Å². The zero-order valence-corrected chi connectivity index (χ0v) is 18.0. The van der Waals surface area contributed by atoms with Crippen molar-refractivity contribution in [1.29, 1.82) is 0 Å². The largest absolute Gasteiger partial charge is 0.493 e. The molecule has 1 N–H and O–H groups in total. The number of nitrogens with one attached hydrogen (secondary N) is 1. The average Bonchev–Trinajstić information content (AvgIpc) is 2.73. The Labute approximate surface area is 178 Å². The Morgan fingerprint density at radius 3 is 2.83 bits per heavy atom. The normalized spacial score (nSPS) is 12.8. The smallest absolute Gasteiger partial charge is 0.265 e. The number of carbonyl (C=O) groups is 2. The Hall–Kier alpha value is -2.74. The molecule has 0 atom stereocenters. The molecule has 0 bridgehead atoms. The van der Waals surface area contributed by atoms with Crippen LogP contribution in [0.3, 0.4) is 0 Å². The van der Waals surface area contributed by atoms with Crippen LogP contribution in [0.5, 0.6) is 17.2 Å². The number of benzene rings is 2. The van der Waals surface area contributed by atoms with Crippen molar-refractivity contribution in [3.63, 3.8) is 0 Å². The molecule has 2 aromatic carbocycles. The van der Waals surface area contributed by atoms with Gasteiger partial charge in [0.15, 0.2) is 18.1 Å². The van der Waals surface area contributed by atoms with Gasteiger partial charge < -0.3 is 19.5 Å². The SMILES string of the molecule is CCCOc1ccc(CNC(=O)CN2C(=O)COc3cc(Br)ccc32)cc1OC. The zero-order chi connectivity index (χ0) is 20.8. The maximum atomic E-state index is 12.5. The van der Waals surface area contributed by atoms with E-state index < -0.39 is 0 Å².